The zero-order chi connectivity index (χ0) is 14.1. The Balaban J connectivity index is 2.52. The highest BCUT2D eigenvalue weighted by Crippen LogP contribution is 2.22. The normalized spacial score (nSPS) is 9.95. The van der Waals surface area contributed by atoms with Gasteiger partial charge in [0.2, 0.25) is 0 Å². The summed E-state index contributed by atoms with van der Waals surface area (Å²) in [5, 5.41) is 0. The molecule has 0 amide bonds. The van der Waals surface area contributed by atoms with Crippen molar-refractivity contribution in [2.75, 3.05) is 18.9 Å². The molecule has 0 fully saturated rings. The molecule has 0 aromatic heterocycles. The average molecular weight is 263 g/mol. The monoisotopic (exact) mass is 263 g/mol. The number of carbonyl (C=O) groups is 1. The molecule has 0 saturated carbocycles. The van der Waals surface area contributed by atoms with Gasteiger partial charge in [-0.3, -0.25) is 0 Å². The first-order chi connectivity index (χ1) is 9.17. The maximum absolute atomic E-state index is 11.4. The summed E-state index contributed by atoms with van der Waals surface area (Å²) in [6, 6.07) is 5.32. The third-order valence-corrected chi connectivity index (χ3v) is 2.56. The van der Waals surface area contributed by atoms with Crippen molar-refractivity contribution < 1.29 is 14.3 Å². The van der Waals surface area contributed by atoms with Crippen molar-refractivity contribution in [3.8, 4) is 5.75 Å². The van der Waals surface area contributed by atoms with E-state index in [-0.39, 0.29) is 12.6 Å². The van der Waals surface area contributed by atoms with Crippen molar-refractivity contribution in [2.24, 2.45) is 0 Å². The van der Waals surface area contributed by atoms with E-state index in [1.165, 1.54) is 0 Å². The lowest BCUT2D eigenvalue weighted by atomic mass is 10.1. The molecular formula is C15H21NO3. The highest BCUT2D eigenvalue weighted by Gasteiger charge is 2.07. The lowest BCUT2D eigenvalue weighted by Crippen LogP contribution is -2.16. The largest absolute Gasteiger partial charge is 0.482 e. The van der Waals surface area contributed by atoms with E-state index in [9.17, 15) is 4.79 Å². The molecule has 19 heavy (non-hydrogen) atoms. The van der Waals surface area contributed by atoms with E-state index in [0.29, 0.717) is 24.5 Å². The van der Waals surface area contributed by atoms with Crippen LogP contribution in [0, 0.1) is 0 Å². The molecule has 2 N–H and O–H groups in total. The lowest BCUT2D eigenvalue weighted by molar-refractivity contribution is -0.146. The van der Waals surface area contributed by atoms with Crippen LogP contribution in [-0.4, -0.2) is 19.2 Å². The fourth-order valence-corrected chi connectivity index (χ4v) is 1.56. The van der Waals surface area contributed by atoms with Crippen molar-refractivity contribution in [1.29, 1.82) is 0 Å². The molecule has 0 bridgehead atoms. The van der Waals surface area contributed by atoms with Crippen LogP contribution in [0.5, 0.6) is 5.75 Å². The number of esters is 1. The fraction of sp³-hybridized carbons (Fsp3) is 0.400. The van der Waals surface area contributed by atoms with Crippen molar-refractivity contribution in [3.63, 3.8) is 0 Å². The number of ether oxygens (including phenoxy) is 2. The molecule has 1 rings (SSSR count). The van der Waals surface area contributed by atoms with E-state index in [0.717, 1.165) is 18.4 Å². The summed E-state index contributed by atoms with van der Waals surface area (Å²) in [5.74, 6) is 0.288. The number of nitrogens with two attached hydrogens (primary N) is 1. The third kappa shape index (κ3) is 5.46. The molecule has 104 valence electrons. The number of allylic oxidation sites excluding steroid dienone is 1. The van der Waals surface area contributed by atoms with Crippen molar-refractivity contribution in [2.45, 2.75) is 26.2 Å². The Kier molecular flexibility index (Phi) is 6.50. The van der Waals surface area contributed by atoms with Crippen LogP contribution in [0.1, 0.15) is 25.3 Å². The highest BCUT2D eigenvalue weighted by molar-refractivity contribution is 5.71. The summed E-state index contributed by atoms with van der Waals surface area (Å²) in [5.41, 5.74) is 7.29. The van der Waals surface area contributed by atoms with E-state index >= 15 is 0 Å². The second kappa shape index (κ2) is 8.19. The van der Waals surface area contributed by atoms with Gasteiger partial charge in [0, 0.05) is 5.69 Å². The number of benzene rings is 1. The fourth-order valence-electron chi connectivity index (χ4n) is 1.56. The third-order valence-electron chi connectivity index (χ3n) is 2.56. The Bertz CT molecular complexity index is 429. The smallest absolute Gasteiger partial charge is 0.344 e. The number of unbranched alkanes of at least 4 members (excludes halogenated alkanes) is 1. The Labute approximate surface area is 114 Å². The van der Waals surface area contributed by atoms with Crippen molar-refractivity contribution in [3.05, 3.63) is 36.4 Å². The SMILES string of the molecule is C=CCc1cc(N)ccc1OCC(=O)OCCCC. The molecule has 0 spiro atoms. The Morgan fingerprint density at radius 1 is 1.47 bits per heavy atom. The first-order valence-electron chi connectivity index (χ1n) is 6.45. The van der Waals surface area contributed by atoms with Gasteiger partial charge in [-0.2, -0.15) is 0 Å². The maximum atomic E-state index is 11.4. The summed E-state index contributed by atoms with van der Waals surface area (Å²) >= 11 is 0. The Hall–Kier alpha value is -1.97. The molecule has 0 aliphatic heterocycles. The first-order valence-corrected chi connectivity index (χ1v) is 6.45. The topological polar surface area (TPSA) is 61.5 Å². The zero-order valence-corrected chi connectivity index (χ0v) is 11.4. The van der Waals surface area contributed by atoms with Gasteiger partial charge in [-0.25, -0.2) is 4.79 Å². The van der Waals surface area contributed by atoms with E-state index in [1.807, 2.05) is 13.0 Å². The molecule has 1 aromatic carbocycles. The van der Waals surface area contributed by atoms with Crippen LogP contribution in [0.15, 0.2) is 30.9 Å². The molecule has 0 aliphatic carbocycles. The molecule has 1 aromatic rings. The van der Waals surface area contributed by atoms with E-state index < -0.39 is 0 Å². The Morgan fingerprint density at radius 2 is 2.26 bits per heavy atom. The molecule has 0 unspecified atom stereocenters. The quantitative estimate of drug-likeness (QED) is 0.339. The van der Waals surface area contributed by atoms with E-state index in [2.05, 4.69) is 6.58 Å². The van der Waals surface area contributed by atoms with E-state index in [1.54, 1.807) is 18.2 Å². The number of nitrogen functional groups attached to an aromatic ring is 1. The molecule has 0 atom stereocenters. The number of rotatable bonds is 8. The standard InChI is InChI=1S/C15H21NO3/c1-3-5-9-18-15(17)11-19-14-8-7-13(16)10-12(14)6-4-2/h4,7-8,10H,2-3,5-6,9,11,16H2,1H3. The van der Waals surface area contributed by atoms with Crippen LogP contribution in [0.25, 0.3) is 0 Å². The Morgan fingerprint density at radius 3 is 2.95 bits per heavy atom. The van der Waals surface area contributed by atoms with Crippen LogP contribution < -0.4 is 10.5 Å². The summed E-state index contributed by atoms with van der Waals surface area (Å²) < 4.78 is 10.5. The van der Waals surface area contributed by atoms with Gasteiger partial charge in [0.25, 0.3) is 0 Å². The van der Waals surface area contributed by atoms with Crippen LogP contribution >= 0.6 is 0 Å². The molecule has 0 saturated heterocycles. The molecule has 0 radical (unpaired) electrons. The minimum absolute atomic E-state index is 0.0855. The van der Waals surface area contributed by atoms with Crippen LogP contribution in [-0.2, 0) is 16.0 Å². The maximum Gasteiger partial charge on any atom is 0.344 e. The van der Waals surface area contributed by atoms with Crippen LogP contribution in [0.2, 0.25) is 0 Å². The van der Waals surface area contributed by atoms with Gasteiger partial charge in [-0.15, -0.1) is 6.58 Å². The molecule has 0 heterocycles. The predicted octanol–water partition coefficient (Wildman–Crippen LogP) is 2.72. The van der Waals surface area contributed by atoms with Crippen LogP contribution in [0.4, 0.5) is 5.69 Å². The highest BCUT2D eigenvalue weighted by atomic mass is 16.6. The zero-order valence-electron chi connectivity index (χ0n) is 11.4. The van der Waals surface area contributed by atoms with Gasteiger partial charge in [-0.1, -0.05) is 19.4 Å². The van der Waals surface area contributed by atoms with Gasteiger partial charge < -0.3 is 15.2 Å². The summed E-state index contributed by atoms with van der Waals surface area (Å²) in [6.07, 6.45) is 4.28. The first kappa shape index (κ1) is 15.1. The summed E-state index contributed by atoms with van der Waals surface area (Å²) in [4.78, 5) is 11.4. The molecule has 4 heteroatoms. The molecule has 4 nitrogen and oxygen atoms in total. The second-order valence-electron chi connectivity index (χ2n) is 4.22. The van der Waals surface area contributed by atoms with Crippen molar-refractivity contribution >= 4 is 11.7 Å². The molecular weight excluding hydrogens is 242 g/mol. The van der Waals surface area contributed by atoms with Gasteiger partial charge in [-0.05, 0) is 36.6 Å². The second-order valence-corrected chi connectivity index (χ2v) is 4.22. The summed E-state index contributed by atoms with van der Waals surface area (Å²) in [6.45, 7) is 6.08. The van der Waals surface area contributed by atoms with Crippen molar-refractivity contribution in [1.82, 2.24) is 0 Å². The van der Waals surface area contributed by atoms with Gasteiger partial charge in [0.05, 0.1) is 6.61 Å². The number of carbonyl (C=O) groups excluding carboxylic acids is 1. The number of hydrogen-bond acceptors (Lipinski definition) is 4. The lowest BCUT2D eigenvalue weighted by Gasteiger charge is -2.11. The number of hydrogen-bond donors (Lipinski definition) is 1. The number of anilines is 1. The minimum Gasteiger partial charge on any atom is -0.482 e. The summed E-state index contributed by atoms with van der Waals surface area (Å²) in [7, 11) is 0. The van der Waals surface area contributed by atoms with Gasteiger partial charge in [0.1, 0.15) is 5.75 Å². The van der Waals surface area contributed by atoms with E-state index in [4.69, 9.17) is 15.2 Å². The average Bonchev–Trinajstić information content (AvgIpc) is 2.38. The minimum atomic E-state index is -0.352. The van der Waals surface area contributed by atoms with Gasteiger partial charge in [0.15, 0.2) is 6.61 Å². The van der Waals surface area contributed by atoms with Crippen LogP contribution in [0.3, 0.4) is 0 Å². The molecule has 0 aliphatic rings. The van der Waals surface area contributed by atoms with Gasteiger partial charge >= 0.3 is 5.97 Å². The predicted molar refractivity (Wildman–Crippen MR) is 76.1 cm³/mol.